The number of hydrogen-bond donors (Lipinski definition) is 2. The molecule has 0 spiro atoms. The second-order valence-electron chi connectivity index (χ2n) is 5.30. The smallest absolute Gasteiger partial charge is 0.240 e. The van der Waals surface area contributed by atoms with E-state index >= 15 is 0 Å². The summed E-state index contributed by atoms with van der Waals surface area (Å²) in [5, 5.41) is 3.16. The first kappa shape index (κ1) is 21.5. The second-order valence-corrected chi connectivity index (χ2v) is 7.06. The lowest BCUT2D eigenvalue weighted by Crippen LogP contribution is -2.47. The lowest BCUT2D eigenvalue weighted by Gasteiger charge is -2.27. The predicted molar refractivity (Wildman–Crippen MR) is 96.0 cm³/mol. The van der Waals surface area contributed by atoms with Crippen LogP contribution < -0.4 is 19.5 Å². The highest BCUT2D eigenvalue weighted by Crippen LogP contribution is 2.29. The zero-order valence-electron chi connectivity index (χ0n) is 14.3. The quantitative estimate of drug-likeness (QED) is 0.688. The molecule has 1 amide bonds. The number of sulfonamides is 1. The lowest BCUT2D eigenvalue weighted by atomic mass is 10.3. The number of benzene rings is 1. The minimum atomic E-state index is -3.71. The summed E-state index contributed by atoms with van der Waals surface area (Å²) in [4.78, 5) is 13.8. The van der Waals surface area contributed by atoms with Crippen LogP contribution in [0, 0.1) is 0 Å². The average molecular weight is 394 g/mol. The molecule has 8 nitrogen and oxygen atoms in total. The van der Waals surface area contributed by atoms with Gasteiger partial charge in [0.1, 0.15) is 0 Å². The molecule has 25 heavy (non-hydrogen) atoms. The van der Waals surface area contributed by atoms with E-state index in [1.807, 2.05) is 0 Å². The van der Waals surface area contributed by atoms with Crippen molar-refractivity contribution in [3.05, 3.63) is 18.2 Å². The van der Waals surface area contributed by atoms with Gasteiger partial charge in [-0.15, -0.1) is 12.4 Å². The van der Waals surface area contributed by atoms with Crippen molar-refractivity contribution in [1.29, 1.82) is 0 Å². The number of ether oxygens (including phenoxy) is 2. The molecule has 142 valence electrons. The molecule has 0 saturated carbocycles. The van der Waals surface area contributed by atoms with Crippen LogP contribution in [0.5, 0.6) is 11.5 Å². The molecule has 0 bridgehead atoms. The number of piperazine rings is 1. The Morgan fingerprint density at radius 2 is 1.84 bits per heavy atom. The van der Waals surface area contributed by atoms with Gasteiger partial charge < -0.3 is 19.7 Å². The second kappa shape index (κ2) is 9.81. The third-order valence-electron chi connectivity index (χ3n) is 3.77. The average Bonchev–Trinajstić information content (AvgIpc) is 2.61. The maximum Gasteiger partial charge on any atom is 0.240 e. The van der Waals surface area contributed by atoms with Gasteiger partial charge in [0, 0.05) is 45.2 Å². The van der Waals surface area contributed by atoms with Crippen LogP contribution in [-0.2, 0) is 14.8 Å². The topological polar surface area (TPSA) is 97.0 Å². The standard InChI is InChI=1S/C15H23N3O5S.ClH/c1-22-13-4-3-12(11-14(13)23-2)24(20,21)17-6-5-15(19)18-9-7-16-8-10-18;/h3-4,11,16-17H,5-10H2,1-2H3;1H. The van der Waals surface area contributed by atoms with Crippen molar-refractivity contribution in [2.24, 2.45) is 0 Å². The Morgan fingerprint density at radius 3 is 2.44 bits per heavy atom. The van der Waals surface area contributed by atoms with E-state index < -0.39 is 10.0 Å². The van der Waals surface area contributed by atoms with E-state index in [2.05, 4.69) is 10.0 Å². The Hall–Kier alpha value is -1.55. The summed E-state index contributed by atoms with van der Waals surface area (Å²) in [6.07, 6.45) is 0.131. The van der Waals surface area contributed by atoms with Crippen molar-refractivity contribution in [3.63, 3.8) is 0 Å². The molecule has 10 heteroatoms. The molecule has 0 unspecified atom stereocenters. The van der Waals surface area contributed by atoms with Crippen LogP contribution in [0.2, 0.25) is 0 Å². The third-order valence-corrected chi connectivity index (χ3v) is 5.22. The Bertz CT molecular complexity index is 678. The van der Waals surface area contributed by atoms with Crippen molar-refractivity contribution < 1.29 is 22.7 Å². The van der Waals surface area contributed by atoms with Gasteiger partial charge in [-0.2, -0.15) is 0 Å². The summed E-state index contributed by atoms with van der Waals surface area (Å²) in [5.74, 6) is 0.731. The largest absolute Gasteiger partial charge is 0.493 e. The van der Waals surface area contributed by atoms with Crippen LogP contribution in [0.1, 0.15) is 6.42 Å². The normalized spacial score (nSPS) is 14.6. The summed E-state index contributed by atoms with van der Waals surface area (Å²) in [6, 6.07) is 4.35. The van der Waals surface area contributed by atoms with Gasteiger partial charge in [0.25, 0.3) is 0 Å². The van der Waals surface area contributed by atoms with E-state index in [-0.39, 0.29) is 36.2 Å². The third kappa shape index (κ3) is 5.74. The molecule has 1 aliphatic rings. The van der Waals surface area contributed by atoms with E-state index in [1.54, 1.807) is 4.90 Å². The molecule has 1 aliphatic heterocycles. The number of hydrogen-bond acceptors (Lipinski definition) is 6. The number of nitrogens with one attached hydrogen (secondary N) is 2. The van der Waals surface area contributed by atoms with E-state index in [0.29, 0.717) is 24.6 Å². The maximum atomic E-state index is 12.3. The Kier molecular flexibility index (Phi) is 8.43. The van der Waals surface area contributed by atoms with E-state index in [0.717, 1.165) is 13.1 Å². The number of amides is 1. The van der Waals surface area contributed by atoms with Crippen molar-refractivity contribution in [2.75, 3.05) is 46.9 Å². The zero-order chi connectivity index (χ0) is 17.6. The van der Waals surface area contributed by atoms with Crippen LogP contribution in [0.4, 0.5) is 0 Å². The Morgan fingerprint density at radius 1 is 1.20 bits per heavy atom. The van der Waals surface area contributed by atoms with E-state index in [1.165, 1.54) is 32.4 Å². The number of nitrogens with zero attached hydrogens (tertiary/aromatic N) is 1. The molecule has 1 aromatic carbocycles. The summed E-state index contributed by atoms with van der Waals surface area (Å²) in [5.41, 5.74) is 0. The summed E-state index contributed by atoms with van der Waals surface area (Å²) < 4.78 is 37.3. The molecule has 2 rings (SSSR count). The molecule has 0 radical (unpaired) electrons. The predicted octanol–water partition coefficient (Wildman–Crippen LogP) is 0.226. The fraction of sp³-hybridized carbons (Fsp3) is 0.533. The van der Waals surface area contributed by atoms with Crippen molar-refractivity contribution in [3.8, 4) is 11.5 Å². The molecule has 0 aliphatic carbocycles. The van der Waals surface area contributed by atoms with Crippen LogP contribution in [0.15, 0.2) is 23.1 Å². The Labute approximate surface area is 154 Å². The molecular weight excluding hydrogens is 370 g/mol. The number of rotatable bonds is 7. The first-order chi connectivity index (χ1) is 11.5. The van der Waals surface area contributed by atoms with Crippen molar-refractivity contribution in [2.45, 2.75) is 11.3 Å². The molecule has 1 aromatic rings. The van der Waals surface area contributed by atoms with Gasteiger partial charge in [0.15, 0.2) is 11.5 Å². The van der Waals surface area contributed by atoms with Gasteiger partial charge in [-0.1, -0.05) is 0 Å². The van der Waals surface area contributed by atoms with Crippen molar-refractivity contribution in [1.82, 2.24) is 14.9 Å². The van der Waals surface area contributed by atoms with Gasteiger partial charge in [0.2, 0.25) is 15.9 Å². The molecule has 0 aromatic heterocycles. The van der Waals surface area contributed by atoms with Gasteiger partial charge in [-0.25, -0.2) is 13.1 Å². The highest BCUT2D eigenvalue weighted by Gasteiger charge is 2.19. The van der Waals surface area contributed by atoms with Crippen molar-refractivity contribution >= 4 is 28.3 Å². The highest BCUT2D eigenvalue weighted by molar-refractivity contribution is 7.89. The maximum absolute atomic E-state index is 12.3. The number of carbonyl (C=O) groups excluding carboxylic acids is 1. The Balaban J connectivity index is 0.00000312. The van der Waals surface area contributed by atoms with Gasteiger partial charge in [-0.3, -0.25) is 4.79 Å². The summed E-state index contributed by atoms with van der Waals surface area (Å²) in [7, 11) is -0.796. The summed E-state index contributed by atoms with van der Waals surface area (Å²) in [6.45, 7) is 2.90. The first-order valence-electron chi connectivity index (χ1n) is 7.68. The number of carbonyl (C=O) groups is 1. The van der Waals surface area contributed by atoms with Crippen LogP contribution in [-0.4, -0.2) is 66.2 Å². The number of halogens is 1. The monoisotopic (exact) mass is 393 g/mol. The van der Waals surface area contributed by atoms with Gasteiger partial charge >= 0.3 is 0 Å². The molecule has 2 N–H and O–H groups in total. The van der Waals surface area contributed by atoms with Crippen LogP contribution in [0.3, 0.4) is 0 Å². The SMILES string of the molecule is COc1ccc(S(=O)(=O)NCCC(=O)N2CCNCC2)cc1OC.Cl. The lowest BCUT2D eigenvalue weighted by molar-refractivity contribution is -0.131. The fourth-order valence-electron chi connectivity index (χ4n) is 2.43. The molecular formula is C15H24ClN3O5S. The van der Waals surface area contributed by atoms with Crippen LogP contribution in [0.25, 0.3) is 0 Å². The molecule has 0 atom stereocenters. The van der Waals surface area contributed by atoms with Gasteiger partial charge in [0.05, 0.1) is 19.1 Å². The van der Waals surface area contributed by atoms with Gasteiger partial charge in [-0.05, 0) is 12.1 Å². The number of methoxy groups -OCH3 is 2. The molecule has 1 fully saturated rings. The van der Waals surface area contributed by atoms with Crippen LogP contribution >= 0.6 is 12.4 Å². The minimum absolute atomic E-state index is 0. The first-order valence-corrected chi connectivity index (χ1v) is 9.16. The molecule has 1 heterocycles. The molecule has 1 saturated heterocycles. The highest BCUT2D eigenvalue weighted by atomic mass is 35.5. The summed E-state index contributed by atoms with van der Waals surface area (Å²) >= 11 is 0. The van der Waals surface area contributed by atoms with E-state index in [9.17, 15) is 13.2 Å². The minimum Gasteiger partial charge on any atom is -0.493 e. The zero-order valence-corrected chi connectivity index (χ0v) is 15.9. The fourth-order valence-corrected chi connectivity index (χ4v) is 3.48. The van der Waals surface area contributed by atoms with E-state index in [4.69, 9.17) is 9.47 Å².